The molecule has 0 aliphatic carbocycles. The van der Waals surface area contributed by atoms with Gasteiger partial charge in [-0.3, -0.25) is 5.32 Å². The lowest BCUT2D eigenvalue weighted by atomic mass is 10.2. The molecule has 12 heavy (non-hydrogen) atoms. The second-order valence-corrected chi connectivity index (χ2v) is 2.39. The zero-order chi connectivity index (χ0) is 8.81. The van der Waals surface area contributed by atoms with E-state index in [1.807, 2.05) is 12.1 Å². The largest absolute Gasteiger partial charge is 0.468 e. The fourth-order valence-electron chi connectivity index (χ4n) is 0.972. The first-order chi connectivity index (χ1) is 5.88. The maximum Gasteiger partial charge on any atom is 0.121 e. The Hall–Kier alpha value is -1.24. The molecule has 64 valence electrons. The molecule has 0 radical (unpaired) electrons. The summed E-state index contributed by atoms with van der Waals surface area (Å²) in [4.78, 5) is 0. The van der Waals surface area contributed by atoms with Crippen LogP contribution in [0.5, 0.6) is 0 Å². The highest BCUT2D eigenvalue weighted by Gasteiger charge is 2.09. The molecule has 1 aromatic rings. The third-order valence-electron chi connectivity index (χ3n) is 1.57. The van der Waals surface area contributed by atoms with E-state index < -0.39 is 0 Å². The summed E-state index contributed by atoms with van der Waals surface area (Å²) in [7, 11) is 0. The van der Waals surface area contributed by atoms with Gasteiger partial charge in [0.1, 0.15) is 5.76 Å². The van der Waals surface area contributed by atoms with Crippen LogP contribution in [-0.4, -0.2) is 13.1 Å². The third kappa shape index (κ3) is 2.12. The van der Waals surface area contributed by atoms with Crippen LogP contribution in [0, 0.1) is 12.3 Å². The van der Waals surface area contributed by atoms with Crippen LogP contribution in [0.1, 0.15) is 11.8 Å². The number of nitrogens with one attached hydrogen (secondary N) is 1. The Morgan fingerprint density at radius 2 is 2.58 bits per heavy atom. The van der Waals surface area contributed by atoms with Crippen LogP contribution >= 0.6 is 0 Å². The third-order valence-corrected chi connectivity index (χ3v) is 1.57. The Bertz CT molecular complexity index is 248. The van der Waals surface area contributed by atoms with Crippen molar-refractivity contribution in [2.24, 2.45) is 5.73 Å². The van der Waals surface area contributed by atoms with E-state index in [1.165, 1.54) is 0 Å². The summed E-state index contributed by atoms with van der Waals surface area (Å²) >= 11 is 0. The van der Waals surface area contributed by atoms with Crippen LogP contribution in [0.15, 0.2) is 22.8 Å². The van der Waals surface area contributed by atoms with Crippen molar-refractivity contribution in [3.05, 3.63) is 24.2 Å². The maximum absolute atomic E-state index is 5.51. The van der Waals surface area contributed by atoms with Gasteiger partial charge in [0.2, 0.25) is 0 Å². The van der Waals surface area contributed by atoms with Gasteiger partial charge in [-0.2, -0.15) is 0 Å². The number of terminal acetylenes is 1. The highest BCUT2D eigenvalue weighted by atomic mass is 16.3. The highest BCUT2D eigenvalue weighted by Crippen LogP contribution is 2.10. The fourth-order valence-corrected chi connectivity index (χ4v) is 0.972. The van der Waals surface area contributed by atoms with Gasteiger partial charge >= 0.3 is 0 Å². The molecule has 0 fully saturated rings. The molecular formula is C9H12N2O. The SMILES string of the molecule is C#CCNC(CN)c1ccco1. The van der Waals surface area contributed by atoms with Crippen LogP contribution in [0.3, 0.4) is 0 Å². The maximum atomic E-state index is 5.51. The molecular weight excluding hydrogens is 152 g/mol. The molecule has 0 spiro atoms. The van der Waals surface area contributed by atoms with Crippen LogP contribution in [0.4, 0.5) is 0 Å². The first-order valence-electron chi connectivity index (χ1n) is 3.78. The van der Waals surface area contributed by atoms with Crippen molar-refractivity contribution < 1.29 is 4.42 Å². The molecule has 0 bridgehead atoms. The summed E-state index contributed by atoms with van der Waals surface area (Å²) in [5.41, 5.74) is 5.51. The van der Waals surface area contributed by atoms with Gasteiger partial charge in [0.05, 0.1) is 18.8 Å². The number of rotatable bonds is 4. The first-order valence-corrected chi connectivity index (χ1v) is 3.78. The Morgan fingerprint density at radius 3 is 3.08 bits per heavy atom. The molecule has 0 saturated heterocycles. The van der Waals surface area contributed by atoms with E-state index in [9.17, 15) is 0 Å². The van der Waals surface area contributed by atoms with Crippen molar-refractivity contribution in [2.45, 2.75) is 6.04 Å². The van der Waals surface area contributed by atoms with E-state index in [4.69, 9.17) is 16.6 Å². The van der Waals surface area contributed by atoms with Crippen molar-refractivity contribution in [2.75, 3.05) is 13.1 Å². The number of furan rings is 1. The lowest BCUT2D eigenvalue weighted by Crippen LogP contribution is -2.28. The van der Waals surface area contributed by atoms with Crippen LogP contribution in [0.2, 0.25) is 0 Å². The first kappa shape index (κ1) is 8.85. The average Bonchev–Trinajstić information content (AvgIpc) is 2.59. The minimum atomic E-state index is 0.0241. The zero-order valence-corrected chi connectivity index (χ0v) is 6.79. The van der Waals surface area contributed by atoms with Crippen molar-refractivity contribution in [3.8, 4) is 12.3 Å². The monoisotopic (exact) mass is 164 g/mol. The lowest BCUT2D eigenvalue weighted by molar-refractivity contribution is 0.429. The van der Waals surface area contributed by atoms with E-state index in [2.05, 4.69) is 11.2 Å². The smallest absolute Gasteiger partial charge is 0.121 e. The van der Waals surface area contributed by atoms with E-state index in [-0.39, 0.29) is 6.04 Å². The Kier molecular flexibility index (Phi) is 3.39. The molecule has 1 heterocycles. The normalized spacial score (nSPS) is 12.3. The van der Waals surface area contributed by atoms with Crippen molar-refractivity contribution in [1.82, 2.24) is 5.32 Å². The molecule has 1 unspecified atom stereocenters. The summed E-state index contributed by atoms with van der Waals surface area (Å²) in [6, 6.07) is 3.73. The Balaban J connectivity index is 2.52. The second-order valence-electron chi connectivity index (χ2n) is 2.39. The second kappa shape index (κ2) is 4.60. The van der Waals surface area contributed by atoms with Gasteiger partial charge in [-0.1, -0.05) is 5.92 Å². The van der Waals surface area contributed by atoms with Gasteiger partial charge in [0.25, 0.3) is 0 Å². The molecule has 3 heteroatoms. The van der Waals surface area contributed by atoms with Gasteiger partial charge in [0, 0.05) is 6.54 Å². The van der Waals surface area contributed by atoms with Crippen LogP contribution < -0.4 is 11.1 Å². The molecule has 1 aromatic heterocycles. The van der Waals surface area contributed by atoms with Gasteiger partial charge in [-0.05, 0) is 12.1 Å². The van der Waals surface area contributed by atoms with Crippen LogP contribution in [-0.2, 0) is 0 Å². The van der Waals surface area contributed by atoms with E-state index >= 15 is 0 Å². The summed E-state index contributed by atoms with van der Waals surface area (Å²) in [5, 5.41) is 3.07. The standard InChI is InChI=1S/C9H12N2O/c1-2-5-11-8(7-10)9-4-3-6-12-9/h1,3-4,6,8,11H,5,7,10H2. The number of hydrogen-bond donors (Lipinski definition) is 2. The minimum Gasteiger partial charge on any atom is -0.468 e. The topological polar surface area (TPSA) is 51.2 Å². The number of nitrogens with two attached hydrogens (primary N) is 1. The molecule has 1 atom stereocenters. The van der Waals surface area contributed by atoms with E-state index in [1.54, 1.807) is 6.26 Å². The average molecular weight is 164 g/mol. The molecule has 0 aliphatic rings. The quantitative estimate of drug-likeness (QED) is 0.637. The molecule has 3 nitrogen and oxygen atoms in total. The molecule has 0 aromatic carbocycles. The van der Waals surface area contributed by atoms with Gasteiger partial charge < -0.3 is 10.2 Å². The summed E-state index contributed by atoms with van der Waals surface area (Å²) in [5.74, 6) is 3.31. The number of hydrogen-bond acceptors (Lipinski definition) is 3. The van der Waals surface area contributed by atoms with Crippen molar-refractivity contribution in [3.63, 3.8) is 0 Å². The Labute approximate surface area is 71.9 Å². The lowest BCUT2D eigenvalue weighted by Gasteiger charge is -2.11. The predicted octanol–water partition coefficient (Wildman–Crippen LogP) is 0.502. The summed E-state index contributed by atoms with van der Waals surface area (Å²) in [6.07, 6.45) is 6.72. The molecule has 3 N–H and O–H groups in total. The minimum absolute atomic E-state index is 0.0241. The molecule has 0 amide bonds. The molecule has 0 aliphatic heterocycles. The van der Waals surface area contributed by atoms with E-state index in [0.29, 0.717) is 13.1 Å². The summed E-state index contributed by atoms with van der Waals surface area (Å²) < 4.78 is 5.17. The van der Waals surface area contributed by atoms with Crippen LogP contribution in [0.25, 0.3) is 0 Å². The Morgan fingerprint density at radius 1 is 1.75 bits per heavy atom. The van der Waals surface area contributed by atoms with Gasteiger partial charge in [0.15, 0.2) is 0 Å². The van der Waals surface area contributed by atoms with Gasteiger partial charge in [-0.15, -0.1) is 6.42 Å². The molecule has 1 rings (SSSR count). The van der Waals surface area contributed by atoms with E-state index in [0.717, 1.165) is 5.76 Å². The fraction of sp³-hybridized carbons (Fsp3) is 0.333. The highest BCUT2D eigenvalue weighted by molar-refractivity contribution is 5.05. The predicted molar refractivity (Wildman–Crippen MR) is 47.3 cm³/mol. The molecule has 0 saturated carbocycles. The van der Waals surface area contributed by atoms with Crippen molar-refractivity contribution in [1.29, 1.82) is 0 Å². The van der Waals surface area contributed by atoms with Crippen molar-refractivity contribution >= 4 is 0 Å². The summed E-state index contributed by atoms with van der Waals surface area (Å²) in [6.45, 7) is 0.984. The van der Waals surface area contributed by atoms with Gasteiger partial charge in [-0.25, -0.2) is 0 Å². The zero-order valence-electron chi connectivity index (χ0n) is 6.79.